The molecule has 0 aliphatic rings. The van der Waals surface area contributed by atoms with E-state index in [1.165, 1.54) is 64.2 Å². The van der Waals surface area contributed by atoms with E-state index in [9.17, 15) is 0 Å². The summed E-state index contributed by atoms with van der Waals surface area (Å²) in [6.45, 7) is 4.53. The molecule has 2 aromatic carbocycles. The van der Waals surface area contributed by atoms with Crippen LogP contribution in [0.4, 0.5) is 5.69 Å². The van der Waals surface area contributed by atoms with Gasteiger partial charge >= 0.3 is 0 Å². The minimum Gasteiger partial charge on any atom is -0.490 e. The Bertz CT molecular complexity index is 945. The third kappa shape index (κ3) is 7.55. The van der Waals surface area contributed by atoms with Crippen molar-refractivity contribution in [3.05, 3.63) is 48.5 Å². The van der Waals surface area contributed by atoms with Crippen LogP contribution in [0, 0.1) is 0 Å². The highest BCUT2D eigenvalue weighted by atomic mass is 16.5. The fourth-order valence-electron chi connectivity index (χ4n) is 4.78. The van der Waals surface area contributed by atoms with E-state index in [4.69, 9.17) is 10.5 Å². The van der Waals surface area contributed by atoms with Gasteiger partial charge in [0.1, 0.15) is 5.75 Å². The molecule has 3 nitrogen and oxygen atoms in total. The average Bonchev–Trinajstić information content (AvgIpc) is 3.17. The van der Waals surface area contributed by atoms with E-state index in [1.54, 1.807) is 0 Å². The monoisotopic (exact) mass is 448 g/mol. The standard InChI is InChI=1S/C30H44N2O/c1-3-5-6-7-8-9-10-11-12-13-19-24(18-4-2)33-28-23-17-15-21-26(28)30-29(31)25-20-14-16-22-27(25)32-30/h14-17,20-24,32H,3-13,18-19,31H2,1-2H3. The zero-order chi connectivity index (χ0) is 23.3. The number of fused-ring (bicyclic) bond motifs is 1. The number of rotatable bonds is 16. The molecular formula is C30H44N2O. The second-order valence-corrected chi connectivity index (χ2v) is 9.45. The summed E-state index contributed by atoms with van der Waals surface area (Å²) >= 11 is 0. The molecule has 1 atom stereocenters. The lowest BCUT2D eigenvalue weighted by atomic mass is 10.0. The van der Waals surface area contributed by atoms with Crippen molar-refractivity contribution in [1.82, 2.24) is 4.98 Å². The smallest absolute Gasteiger partial charge is 0.129 e. The van der Waals surface area contributed by atoms with Crippen molar-refractivity contribution in [2.45, 2.75) is 103 Å². The van der Waals surface area contributed by atoms with Gasteiger partial charge in [-0.15, -0.1) is 0 Å². The first kappa shape index (κ1) is 25.2. The molecule has 0 bridgehead atoms. The molecule has 0 aliphatic carbocycles. The van der Waals surface area contributed by atoms with E-state index in [2.05, 4.69) is 55.2 Å². The second kappa shape index (κ2) is 14.0. The van der Waals surface area contributed by atoms with Gasteiger partial charge in [0.25, 0.3) is 0 Å². The number of ether oxygens (including phenoxy) is 1. The lowest BCUT2D eigenvalue weighted by Gasteiger charge is -2.21. The van der Waals surface area contributed by atoms with Crippen LogP contribution < -0.4 is 10.5 Å². The molecule has 0 aliphatic heterocycles. The van der Waals surface area contributed by atoms with Crippen LogP contribution in [-0.2, 0) is 0 Å². The maximum Gasteiger partial charge on any atom is 0.129 e. The summed E-state index contributed by atoms with van der Waals surface area (Å²) in [5.74, 6) is 0.932. The maximum absolute atomic E-state index is 6.60. The van der Waals surface area contributed by atoms with Crippen LogP contribution in [0.15, 0.2) is 48.5 Å². The van der Waals surface area contributed by atoms with Crippen LogP contribution in [0.25, 0.3) is 22.2 Å². The molecule has 3 aromatic rings. The summed E-state index contributed by atoms with van der Waals surface area (Å²) in [5.41, 5.74) is 10.4. The summed E-state index contributed by atoms with van der Waals surface area (Å²) in [7, 11) is 0. The predicted octanol–water partition coefficient (Wildman–Crippen LogP) is 9.28. The van der Waals surface area contributed by atoms with Gasteiger partial charge in [0.05, 0.1) is 17.5 Å². The SMILES string of the molecule is CCCCCCCCCCCCC(CCC)Oc1ccccc1-c1[nH]c2ccccc2c1N. The molecule has 0 saturated heterocycles. The van der Waals surface area contributed by atoms with Crippen molar-refractivity contribution < 1.29 is 4.74 Å². The van der Waals surface area contributed by atoms with E-state index in [-0.39, 0.29) is 6.10 Å². The number of aromatic nitrogens is 1. The number of H-pyrrole nitrogens is 1. The lowest BCUT2D eigenvalue weighted by Crippen LogP contribution is -2.16. The van der Waals surface area contributed by atoms with Gasteiger partial charge in [-0.2, -0.15) is 0 Å². The first-order chi connectivity index (χ1) is 16.2. The van der Waals surface area contributed by atoms with Crippen molar-refractivity contribution in [2.75, 3.05) is 5.73 Å². The quantitative estimate of drug-likeness (QED) is 0.214. The molecule has 0 spiro atoms. The number of hydrogen-bond acceptors (Lipinski definition) is 2. The van der Waals surface area contributed by atoms with E-state index in [0.29, 0.717) is 0 Å². The van der Waals surface area contributed by atoms with E-state index in [0.717, 1.165) is 52.9 Å². The molecule has 0 fully saturated rings. The van der Waals surface area contributed by atoms with Gasteiger partial charge in [-0.3, -0.25) is 0 Å². The molecule has 0 amide bonds. The molecule has 0 saturated carbocycles. The van der Waals surface area contributed by atoms with Gasteiger partial charge < -0.3 is 15.5 Å². The molecule has 3 rings (SSSR count). The van der Waals surface area contributed by atoms with Crippen LogP contribution in [0.2, 0.25) is 0 Å². The highest BCUT2D eigenvalue weighted by Gasteiger charge is 2.17. The minimum atomic E-state index is 0.260. The van der Waals surface area contributed by atoms with Crippen molar-refractivity contribution >= 4 is 16.6 Å². The number of benzene rings is 2. The number of nitrogen functional groups attached to an aromatic ring is 1. The molecule has 1 unspecified atom stereocenters. The fraction of sp³-hybridized carbons (Fsp3) is 0.533. The molecule has 1 aromatic heterocycles. The normalized spacial score (nSPS) is 12.3. The molecule has 33 heavy (non-hydrogen) atoms. The third-order valence-corrected chi connectivity index (χ3v) is 6.69. The van der Waals surface area contributed by atoms with Crippen LogP contribution in [0.5, 0.6) is 5.75 Å². The van der Waals surface area contributed by atoms with Gasteiger partial charge in [-0.05, 0) is 37.5 Å². The highest BCUT2D eigenvalue weighted by Crippen LogP contribution is 2.38. The predicted molar refractivity (Wildman–Crippen MR) is 144 cm³/mol. The first-order valence-electron chi connectivity index (χ1n) is 13.4. The highest BCUT2D eigenvalue weighted by molar-refractivity contribution is 6.00. The summed E-state index contributed by atoms with van der Waals surface area (Å²) in [5, 5.41) is 1.07. The van der Waals surface area contributed by atoms with Gasteiger partial charge in [0, 0.05) is 16.5 Å². The van der Waals surface area contributed by atoms with Gasteiger partial charge in [-0.25, -0.2) is 0 Å². The molecule has 3 heteroatoms. The van der Waals surface area contributed by atoms with Crippen molar-refractivity contribution in [3.8, 4) is 17.0 Å². The van der Waals surface area contributed by atoms with Crippen LogP contribution in [-0.4, -0.2) is 11.1 Å². The van der Waals surface area contributed by atoms with Gasteiger partial charge in [0.15, 0.2) is 0 Å². The zero-order valence-corrected chi connectivity index (χ0v) is 20.9. The van der Waals surface area contributed by atoms with E-state index >= 15 is 0 Å². The summed E-state index contributed by atoms with van der Waals surface area (Å²) in [6, 6.07) is 16.5. The third-order valence-electron chi connectivity index (χ3n) is 6.69. The van der Waals surface area contributed by atoms with Crippen LogP contribution in [0.1, 0.15) is 97.3 Å². The molecule has 1 heterocycles. The van der Waals surface area contributed by atoms with Gasteiger partial charge in [0.2, 0.25) is 0 Å². The van der Waals surface area contributed by atoms with Crippen molar-refractivity contribution in [1.29, 1.82) is 0 Å². The van der Waals surface area contributed by atoms with Crippen molar-refractivity contribution in [3.63, 3.8) is 0 Å². The number of unbranched alkanes of at least 4 members (excludes halogenated alkanes) is 9. The topological polar surface area (TPSA) is 51.0 Å². The zero-order valence-electron chi connectivity index (χ0n) is 20.9. The number of nitrogens with two attached hydrogens (primary N) is 1. The maximum atomic E-state index is 6.60. The lowest BCUT2D eigenvalue weighted by molar-refractivity contribution is 0.176. The average molecular weight is 449 g/mol. The fourth-order valence-corrected chi connectivity index (χ4v) is 4.78. The van der Waals surface area contributed by atoms with Crippen LogP contribution in [0.3, 0.4) is 0 Å². The summed E-state index contributed by atoms with van der Waals surface area (Å²) < 4.78 is 6.60. The number of para-hydroxylation sites is 2. The molecular weight excluding hydrogens is 404 g/mol. The number of hydrogen-bond donors (Lipinski definition) is 2. The van der Waals surface area contributed by atoms with Gasteiger partial charge in [-0.1, -0.05) is 108 Å². The Labute approximate surface area is 201 Å². The molecule has 3 N–H and O–H groups in total. The second-order valence-electron chi connectivity index (χ2n) is 9.45. The number of anilines is 1. The number of nitrogens with one attached hydrogen (secondary N) is 1. The van der Waals surface area contributed by atoms with Crippen LogP contribution >= 0.6 is 0 Å². The van der Waals surface area contributed by atoms with E-state index < -0.39 is 0 Å². The Morgan fingerprint density at radius 2 is 1.36 bits per heavy atom. The Morgan fingerprint density at radius 3 is 2.06 bits per heavy atom. The summed E-state index contributed by atoms with van der Waals surface area (Å²) in [6.07, 6.45) is 17.3. The first-order valence-corrected chi connectivity index (χ1v) is 13.4. The summed E-state index contributed by atoms with van der Waals surface area (Å²) in [4.78, 5) is 3.51. The minimum absolute atomic E-state index is 0.260. The molecule has 0 radical (unpaired) electrons. The molecule has 180 valence electrons. The van der Waals surface area contributed by atoms with Crippen molar-refractivity contribution in [2.24, 2.45) is 0 Å². The Kier molecular flexibility index (Phi) is 10.7. The Hall–Kier alpha value is -2.42. The Morgan fingerprint density at radius 1 is 0.727 bits per heavy atom. The Balaban J connectivity index is 1.53. The number of aromatic amines is 1. The largest absolute Gasteiger partial charge is 0.490 e. The van der Waals surface area contributed by atoms with E-state index in [1.807, 2.05) is 12.1 Å².